The van der Waals surface area contributed by atoms with Crippen molar-refractivity contribution in [3.8, 4) is 0 Å². The molecule has 0 bridgehead atoms. The molecule has 0 unspecified atom stereocenters. The van der Waals surface area contributed by atoms with E-state index in [1.807, 2.05) is 13.8 Å². The molecule has 0 N–H and O–H groups in total. The van der Waals surface area contributed by atoms with Crippen LogP contribution in [-0.4, -0.2) is 13.1 Å². The maximum Gasteiger partial charge on any atom is 1.00 e. The van der Waals surface area contributed by atoms with Crippen LogP contribution in [-0.2, 0) is 0 Å². The van der Waals surface area contributed by atoms with Gasteiger partial charge in [-0.05, 0) is 13.8 Å². The number of hydrogen-bond acceptors (Lipinski definition) is 1. The Balaban J connectivity index is 0.00000144. The second kappa shape index (κ2) is 6.07. The van der Waals surface area contributed by atoms with E-state index in [1.165, 1.54) is 12.1 Å². The topological polar surface area (TPSA) is 3.24 Å². The van der Waals surface area contributed by atoms with Crippen LogP contribution in [0, 0.1) is 11.9 Å². The van der Waals surface area contributed by atoms with Gasteiger partial charge in [0, 0.05) is 18.9 Å². The van der Waals surface area contributed by atoms with Crippen molar-refractivity contribution in [2.24, 2.45) is 0 Å². The largest absolute Gasteiger partial charge is 1.00 e. The van der Waals surface area contributed by atoms with E-state index in [4.69, 9.17) is 0 Å². The molecule has 0 aliphatic carbocycles. The fourth-order valence-electron chi connectivity index (χ4n) is 1.17. The van der Waals surface area contributed by atoms with E-state index >= 15 is 0 Å². The molecule has 0 radical (unpaired) electrons. The number of rotatable bonds is 3. The molecule has 0 aliphatic heterocycles. The van der Waals surface area contributed by atoms with Crippen molar-refractivity contribution in [2.75, 3.05) is 18.0 Å². The Bertz CT molecular complexity index is 248. The fourth-order valence-corrected chi connectivity index (χ4v) is 1.17. The van der Waals surface area contributed by atoms with E-state index in [-0.39, 0.29) is 24.7 Å². The average molecular weight is 173 g/mol. The number of hydrogen-bond donors (Lipinski definition) is 0. The van der Waals surface area contributed by atoms with Gasteiger partial charge in [-0.1, -0.05) is 5.69 Å². The minimum absolute atomic E-state index is 0. The molecule has 1 aromatic carbocycles. The third kappa shape index (κ3) is 3.42. The molecule has 0 fully saturated rings. The van der Waals surface area contributed by atoms with E-state index in [9.17, 15) is 4.39 Å². The van der Waals surface area contributed by atoms with Gasteiger partial charge in [-0.3, -0.25) is 0 Å². The first-order valence-corrected chi connectivity index (χ1v) is 4.20. The van der Waals surface area contributed by atoms with Gasteiger partial charge in [-0.15, -0.1) is 12.1 Å². The molecular weight excluding hydrogens is 160 g/mol. The van der Waals surface area contributed by atoms with E-state index in [0.717, 1.165) is 18.8 Å². The third-order valence-electron chi connectivity index (χ3n) is 1.85. The van der Waals surface area contributed by atoms with Crippen LogP contribution in [0.3, 0.4) is 0 Å². The predicted octanol–water partition coefficient (Wildman–Crippen LogP) is -0.524. The van der Waals surface area contributed by atoms with Gasteiger partial charge in [0.1, 0.15) is 0 Å². The SMILES string of the molecule is CCN(CC)c1[c-]ccc(F)c1.[Li+]. The van der Waals surface area contributed by atoms with Crippen LogP contribution in [0.4, 0.5) is 10.1 Å². The van der Waals surface area contributed by atoms with Gasteiger partial charge in [-0.2, -0.15) is 12.1 Å². The molecule has 0 amide bonds. The zero-order valence-corrected chi connectivity index (χ0v) is 8.47. The van der Waals surface area contributed by atoms with Gasteiger partial charge in [0.25, 0.3) is 0 Å². The van der Waals surface area contributed by atoms with Crippen LogP contribution in [0.2, 0.25) is 0 Å². The minimum atomic E-state index is -0.198. The Hall–Kier alpha value is -0.453. The zero-order valence-electron chi connectivity index (χ0n) is 8.47. The second-order valence-electron chi connectivity index (χ2n) is 2.56. The Morgan fingerprint density at radius 1 is 1.38 bits per heavy atom. The number of nitrogens with zero attached hydrogens (tertiary/aromatic N) is 1. The summed E-state index contributed by atoms with van der Waals surface area (Å²) >= 11 is 0. The van der Waals surface area contributed by atoms with Gasteiger partial charge in [0.15, 0.2) is 0 Å². The summed E-state index contributed by atoms with van der Waals surface area (Å²) in [6, 6.07) is 7.53. The standard InChI is InChI=1S/C10H13FN.Li/c1-3-12(4-2)10-7-5-6-9(11)8-10;/h5-6,8H,3-4H2,1-2H3;/q-1;+1. The summed E-state index contributed by atoms with van der Waals surface area (Å²) in [4.78, 5) is 2.06. The normalized spacial score (nSPS) is 9.15. The number of halogens is 1. The molecule has 0 saturated heterocycles. The second-order valence-corrected chi connectivity index (χ2v) is 2.56. The van der Waals surface area contributed by atoms with Crippen LogP contribution in [0.5, 0.6) is 0 Å². The summed E-state index contributed by atoms with van der Waals surface area (Å²) in [5.41, 5.74) is 0.833. The number of anilines is 1. The first-order chi connectivity index (χ1) is 5.77. The average Bonchev–Trinajstić information content (AvgIpc) is 2.07. The Labute approximate surface area is 91.1 Å². The monoisotopic (exact) mass is 173 g/mol. The fraction of sp³-hybridized carbons (Fsp3) is 0.400. The van der Waals surface area contributed by atoms with Crippen molar-refractivity contribution in [3.63, 3.8) is 0 Å². The van der Waals surface area contributed by atoms with Crippen LogP contribution < -0.4 is 23.8 Å². The summed E-state index contributed by atoms with van der Waals surface area (Å²) in [7, 11) is 0. The summed E-state index contributed by atoms with van der Waals surface area (Å²) in [6.07, 6.45) is 0. The molecule has 1 rings (SSSR count). The summed E-state index contributed by atoms with van der Waals surface area (Å²) in [5, 5.41) is 0. The maximum absolute atomic E-state index is 12.8. The molecule has 0 aliphatic rings. The molecule has 3 heteroatoms. The molecule has 0 heterocycles. The predicted molar refractivity (Wildman–Crippen MR) is 48.8 cm³/mol. The molecule has 0 spiro atoms. The van der Waals surface area contributed by atoms with Crippen LogP contribution in [0.25, 0.3) is 0 Å². The van der Waals surface area contributed by atoms with E-state index in [0.29, 0.717) is 0 Å². The summed E-state index contributed by atoms with van der Waals surface area (Å²) in [6.45, 7) is 5.86. The molecule has 0 atom stereocenters. The third-order valence-corrected chi connectivity index (χ3v) is 1.85. The quantitative estimate of drug-likeness (QED) is 0.439. The number of benzene rings is 1. The van der Waals surface area contributed by atoms with E-state index in [1.54, 1.807) is 6.07 Å². The van der Waals surface area contributed by atoms with Crippen molar-refractivity contribution in [3.05, 3.63) is 30.1 Å². The van der Waals surface area contributed by atoms with E-state index < -0.39 is 0 Å². The Kier molecular flexibility index (Phi) is 5.86. The summed E-state index contributed by atoms with van der Waals surface area (Å²) < 4.78 is 12.8. The molecule has 1 nitrogen and oxygen atoms in total. The summed E-state index contributed by atoms with van der Waals surface area (Å²) in [5.74, 6) is -0.198. The van der Waals surface area contributed by atoms with Crippen molar-refractivity contribution in [1.29, 1.82) is 0 Å². The van der Waals surface area contributed by atoms with Gasteiger partial charge < -0.3 is 4.90 Å². The molecule has 66 valence electrons. The van der Waals surface area contributed by atoms with Crippen molar-refractivity contribution in [1.82, 2.24) is 0 Å². The zero-order chi connectivity index (χ0) is 8.97. The molecule has 0 saturated carbocycles. The molecule has 0 aromatic heterocycles. The van der Waals surface area contributed by atoms with Crippen LogP contribution >= 0.6 is 0 Å². The van der Waals surface area contributed by atoms with Gasteiger partial charge in [0.05, 0.1) is 0 Å². The van der Waals surface area contributed by atoms with Crippen molar-refractivity contribution in [2.45, 2.75) is 13.8 Å². The first kappa shape index (κ1) is 12.5. The van der Waals surface area contributed by atoms with Crippen molar-refractivity contribution < 1.29 is 23.3 Å². The Morgan fingerprint density at radius 2 is 2.00 bits per heavy atom. The maximum atomic E-state index is 12.8. The van der Waals surface area contributed by atoms with Gasteiger partial charge in [0.2, 0.25) is 0 Å². The van der Waals surface area contributed by atoms with E-state index in [2.05, 4.69) is 11.0 Å². The van der Waals surface area contributed by atoms with Gasteiger partial charge in [-0.25, -0.2) is 4.39 Å². The van der Waals surface area contributed by atoms with Crippen molar-refractivity contribution >= 4 is 5.69 Å². The Morgan fingerprint density at radius 3 is 2.46 bits per heavy atom. The smallest absolute Gasteiger partial charge is 0.394 e. The molecule has 1 aromatic rings. The van der Waals surface area contributed by atoms with Gasteiger partial charge >= 0.3 is 18.9 Å². The van der Waals surface area contributed by atoms with Crippen LogP contribution in [0.1, 0.15) is 13.8 Å². The first-order valence-electron chi connectivity index (χ1n) is 4.20. The van der Waals surface area contributed by atoms with Crippen LogP contribution in [0.15, 0.2) is 18.2 Å². The molecular formula is C10H13FLiN. The minimum Gasteiger partial charge on any atom is -0.394 e. The molecule has 13 heavy (non-hydrogen) atoms.